The lowest BCUT2D eigenvalue weighted by atomic mass is 10.0. The molecular weight excluding hydrogens is 194 g/mol. The number of hydrogen-bond donors (Lipinski definition) is 0. The van der Waals surface area contributed by atoms with Gasteiger partial charge in [-0.25, -0.2) is 0 Å². The summed E-state index contributed by atoms with van der Waals surface area (Å²) < 4.78 is 5.27. The van der Waals surface area contributed by atoms with Crippen LogP contribution in [0.5, 0.6) is 0 Å². The van der Waals surface area contributed by atoms with Crippen LogP contribution in [0.4, 0.5) is 0 Å². The number of aryl methyl sites for hydroxylation is 1. The maximum absolute atomic E-state index is 5.27. The second-order valence-corrected chi connectivity index (χ2v) is 5.23. The van der Waals surface area contributed by atoms with Gasteiger partial charge in [0.05, 0.1) is 12.7 Å². The summed E-state index contributed by atoms with van der Waals surface area (Å²) in [5.74, 6) is 0. The molecule has 0 unspecified atom stereocenters. The van der Waals surface area contributed by atoms with E-state index in [1.165, 1.54) is 18.5 Å². The molecule has 0 radical (unpaired) electrons. The van der Waals surface area contributed by atoms with Crippen molar-refractivity contribution in [1.29, 1.82) is 0 Å². The van der Waals surface area contributed by atoms with Gasteiger partial charge >= 0.3 is 0 Å². The minimum atomic E-state index is 0.539. The van der Waals surface area contributed by atoms with Crippen molar-refractivity contribution in [2.45, 2.75) is 26.0 Å². The molecule has 14 heavy (non-hydrogen) atoms. The number of epoxide rings is 1. The van der Waals surface area contributed by atoms with E-state index in [2.05, 4.69) is 17.2 Å². The molecular formula is C11H15NOS. The highest BCUT2D eigenvalue weighted by atomic mass is 32.1. The lowest BCUT2D eigenvalue weighted by Crippen LogP contribution is -2.32. The molecule has 0 spiro atoms. The van der Waals surface area contributed by atoms with Crippen molar-refractivity contribution in [2.75, 3.05) is 19.7 Å². The molecule has 3 rings (SSSR count). The Labute approximate surface area is 88.5 Å². The van der Waals surface area contributed by atoms with Crippen LogP contribution in [0.3, 0.4) is 0 Å². The van der Waals surface area contributed by atoms with Crippen LogP contribution < -0.4 is 0 Å². The van der Waals surface area contributed by atoms with Crippen molar-refractivity contribution in [1.82, 2.24) is 4.90 Å². The molecule has 1 saturated heterocycles. The number of thiophene rings is 1. The van der Waals surface area contributed by atoms with Crippen LogP contribution in [0.15, 0.2) is 5.38 Å². The van der Waals surface area contributed by atoms with E-state index >= 15 is 0 Å². The van der Waals surface area contributed by atoms with Crippen LogP contribution in [0.2, 0.25) is 0 Å². The molecule has 1 atom stereocenters. The van der Waals surface area contributed by atoms with Gasteiger partial charge in [-0.1, -0.05) is 0 Å². The van der Waals surface area contributed by atoms with Crippen LogP contribution in [-0.2, 0) is 17.7 Å². The average Bonchev–Trinajstić information content (AvgIpc) is 2.92. The van der Waals surface area contributed by atoms with E-state index in [-0.39, 0.29) is 0 Å². The normalized spacial score (nSPS) is 26.2. The first-order chi connectivity index (χ1) is 6.83. The van der Waals surface area contributed by atoms with E-state index in [4.69, 9.17) is 4.74 Å². The fourth-order valence-corrected chi connectivity index (χ4v) is 3.28. The molecule has 1 aromatic heterocycles. The highest BCUT2D eigenvalue weighted by Crippen LogP contribution is 2.28. The van der Waals surface area contributed by atoms with E-state index in [1.807, 2.05) is 11.3 Å². The number of rotatable bonds is 2. The van der Waals surface area contributed by atoms with E-state index in [1.54, 1.807) is 10.4 Å². The second kappa shape index (κ2) is 3.33. The Morgan fingerprint density at radius 3 is 3.29 bits per heavy atom. The van der Waals surface area contributed by atoms with Crippen molar-refractivity contribution < 1.29 is 4.74 Å². The van der Waals surface area contributed by atoms with E-state index in [0.717, 1.165) is 19.7 Å². The molecule has 2 nitrogen and oxygen atoms in total. The summed E-state index contributed by atoms with van der Waals surface area (Å²) in [5.41, 5.74) is 3.11. The third-order valence-corrected chi connectivity index (χ3v) is 4.23. The minimum absolute atomic E-state index is 0.539. The van der Waals surface area contributed by atoms with Gasteiger partial charge in [0.25, 0.3) is 0 Å². The van der Waals surface area contributed by atoms with Gasteiger partial charge in [0.15, 0.2) is 0 Å². The average molecular weight is 209 g/mol. The Hall–Kier alpha value is -0.380. The fourth-order valence-electron chi connectivity index (χ4n) is 2.16. The van der Waals surface area contributed by atoms with E-state index in [0.29, 0.717) is 6.10 Å². The van der Waals surface area contributed by atoms with Gasteiger partial charge in [-0.05, 0) is 29.9 Å². The molecule has 0 aliphatic carbocycles. The van der Waals surface area contributed by atoms with Crippen LogP contribution in [0.1, 0.15) is 16.0 Å². The lowest BCUT2D eigenvalue weighted by Gasteiger charge is -2.26. The predicted octanol–water partition coefficient (Wildman–Crippen LogP) is 1.81. The summed E-state index contributed by atoms with van der Waals surface area (Å²) >= 11 is 1.92. The molecule has 0 saturated carbocycles. The quantitative estimate of drug-likeness (QED) is 0.690. The Kier molecular flexibility index (Phi) is 2.11. The molecule has 0 amide bonds. The summed E-state index contributed by atoms with van der Waals surface area (Å²) in [5, 5.41) is 2.29. The molecule has 0 aromatic carbocycles. The summed E-state index contributed by atoms with van der Waals surface area (Å²) in [6.45, 7) is 6.70. The minimum Gasteiger partial charge on any atom is -0.372 e. The van der Waals surface area contributed by atoms with E-state index < -0.39 is 0 Å². The van der Waals surface area contributed by atoms with Crippen molar-refractivity contribution in [3.05, 3.63) is 21.4 Å². The van der Waals surface area contributed by atoms with Gasteiger partial charge in [-0.2, -0.15) is 0 Å². The largest absolute Gasteiger partial charge is 0.372 e. The van der Waals surface area contributed by atoms with Crippen molar-refractivity contribution in [3.63, 3.8) is 0 Å². The first-order valence-electron chi connectivity index (χ1n) is 5.23. The Bertz CT molecular complexity index is 343. The van der Waals surface area contributed by atoms with Crippen molar-refractivity contribution in [2.24, 2.45) is 0 Å². The lowest BCUT2D eigenvalue weighted by molar-refractivity contribution is 0.228. The number of ether oxygens (including phenoxy) is 1. The third-order valence-electron chi connectivity index (χ3n) is 3.10. The number of fused-ring (bicyclic) bond motifs is 1. The monoisotopic (exact) mass is 209 g/mol. The fraction of sp³-hybridized carbons (Fsp3) is 0.636. The highest BCUT2D eigenvalue weighted by Gasteiger charge is 2.28. The molecule has 3 heteroatoms. The van der Waals surface area contributed by atoms with Gasteiger partial charge in [0, 0.05) is 24.5 Å². The standard InChI is InChI=1S/C11H15NOS/c1-8-7-14-11-5-12(3-2-10(8)11)4-9-6-13-9/h7,9H,2-6H2,1H3/t9-/m1/s1. The van der Waals surface area contributed by atoms with Crippen LogP contribution in [0.25, 0.3) is 0 Å². The van der Waals surface area contributed by atoms with Crippen LogP contribution in [0, 0.1) is 6.92 Å². The van der Waals surface area contributed by atoms with Crippen LogP contribution >= 0.6 is 11.3 Å². The first-order valence-corrected chi connectivity index (χ1v) is 6.10. The highest BCUT2D eigenvalue weighted by molar-refractivity contribution is 7.10. The smallest absolute Gasteiger partial charge is 0.0936 e. The van der Waals surface area contributed by atoms with Gasteiger partial charge < -0.3 is 4.74 Å². The molecule has 2 aliphatic rings. The predicted molar refractivity (Wildman–Crippen MR) is 57.8 cm³/mol. The zero-order chi connectivity index (χ0) is 9.54. The molecule has 1 fully saturated rings. The van der Waals surface area contributed by atoms with Crippen LogP contribution in [-0.4, -0.2) is 30.7 Å². The molecule has 3 heterocycles. The third kappa shape index (κ3) is 1.60. The van der Waals surface area contributed by atoms with Gasteiger partial charge in [0.2, 0.25) is 0 Å². The van der Waals surface area contributed by atoms with Gasteiger partial charge in [0.1, 0.15) is 0 Å². The zero-order valence-electron chi connectivity index (χ0n) is 8.45. The number of nitrogens with zero attached hydrogens (tertiary/aromatic N) is 1. The SMILES string of the molecule is Cc1csc2c1CCN(C[C@@H]1CO1)C2. The summed E-state index contributed by atoms with van der Waals surface area (Å²) in [6.07, 6.45) is 1.77. The summed E-state index contributed by atoms with van der Waals surface area (Å²) in [6, 6.07) is 0. The topological polar surface area (TPSA) is 15.8 Å². The summed E-state index contributed by atoms with van der Waals surface area (Å²) in [7, 11) is 0. The molecule has 76 valence electrons. The van der Waals surface area contributed by atoms with Crippen molar-refractivity contribution in [3.8, 4) is 0 Å². The molecule has 0 N–H and O–H groups in total. The summed E-state index contributed by atoms with van der Waals surface area (Å²) in [4.78, 5) is 4.10. The number of hydrogen-bond acceptors (Lipinski definition) is 3. The molecule has 0 bridgehead atoms. The Morgan fingerprint density at radius 1 is 1.64 bits per heavy atom. The van der Waals surface area contributed by atoms with Gasteiger partial charge in [-0.3, -0.25) is 4.90 Å². The Balaban J connectivity index is 1.72. The zero-order valence-corrected chi connectivity index (χ0v) is 9.27. The van der Waals surface area contributed by atoms with Crippen molar-refractivity contribution >= 4 is 11.3 Å². The molecule has 2 aliphatic heterocycles. The Morgan fingerprint density at radius 2 is 2.50 bits per heavy atom. The molecule has 1 aromatic rings. The maximum atomic E-state index is 5.27. The first kappa shape index (κ1) is 8.89. The maximum Gasteiger partial charge on any atom is 0.0936 e. The second-order valence-electron chi connectivity index (χ2n) is 4.26. The van der Waals surface area contributed by atoms with Gasteiger partial charge in [-0.15, -0.1) is 11.3 Å². The van der Waals surface area contributed by atoms with E-state index in [9.17, 15) is 0 Å².